The van der Waals surface area contributed by atoms with Crippen LogP contribution in [0.1, 0.15) is 38.4 Å². The van der Waals surface area contributed by atoms with Gasteiger partial charge in [-0.2, -0.15) is 13.2 Å². The van der Waals surface area contributed by atoms with Crippen molar-refractivity contribution in [3.63, 3.8) is 0 Å². The summed E-state index contributed by atoms with van der Waals surface area (Å²) in [7, 11) is 0. The lowest BCUT2D eigenvalue weighted by Gasteiger charge is -2.29. The largest absolute Gasteiger partial charge is 0.449 e. The Morgan fingerprint density at radius 2 is 2.00 bits per heavy atom. The third-order valence-corrected chi connectivity index (χ3v) is 4.67. The molecule has 3 rings (SSSR count). The summed E-state index contributed by atoms with van der Waals surface area (Å²) < 4.78 is 40.7. The van der Waals surface area contributed by atoms with Crippen molar-refractivity contribution in [3.8, 4) is 0 Å². The van der Waals surface area contributed by atoms with Gasteiger partial charge in [0.2, 0.25) is 11.7 Å². The van der Waals surface area contributed by atoms with E-state index in [1.54, 1.807) is 18.2 Å². The van der Waals surface area contributed by atoms with Gasteiger partial charge in [-0.25, -0.2) is 4.98 Å². The first-order valence-electron chi connectivity index (χ1n) is 8.18. The Kier molecular flexibility index (Phi) is 4.51. The molecule has 1 aliphatic carbocycles. The number of aromatic nitrogens is 2. The van der Waals surface area contributed by atoms with Crippen LogP contribution in [0.2, 0.25) is 0 Å². The minimum absolute atomic E-state index is 0.0374. The number of alkyl halides is 3. The van der Waals surface area contributed by atoms with Crippen LogP contribution in [-0.4, -0.2) is 21.5 Å². The summed E-state index contributed by atoms with van der Waals surface area (Å²) in [6, 6.07) is 6.37. The zero-order valence-corrected chi connectivity index (χ0v) is 13.4. The van der Waals surface area contributed by atoms with E-state index in [-0.39, 0.29) is 18.1 Å². The second kappa shape index (κ2) is 6.45. The van der Waals surface area contributed by atoms with Gasteiger partial charge in [-0.1, -0.05) is 31.9 Å². The number of nitrogens with one attached hydrogen (secondary N) is 1. The molecule has 7 heteroatoms. The van der Waals surface area contributed by atoms with Gasteiger partial charge in [-0.3, -0.25) is 4.79 Å². The van der Waals surface area contributed by atoms with Crippen molar-refractivity contribution in [3.05, 3.63) is 30.1 Å². The first kappa shape index (κ1) is 16.8. The Hall–Kier alpha value is -2.05. The van der Waals surface area contributed by atoms with Crippen molar-refractivity contribution >= 4 is 16.9 Å². The van der Waals surface area contributed by atoms with E-state index >= 15 is 0 Å². The lowest BCUT2D eigenvalue weighted by Crippen LogP contribution is -2.42. The molecule has 0 aliphatic heterocycles. The monoisotopic (exact) mass is 339 g/mol. The Labute approximate surface area is 138 Å². The van der Waals surface area contributed by atoms with E-state index in [1.807, 2.05) is 0 Å². The molecule has 2 aromatic rings. The fourth-order valence-electron chi connectivity index (χ4n) is 3.38. The molecule has 1 aromatic heterocycles. The van der Waals surface area contributed by atoms with Crippen LogP contribution in [0.4, 0.5) is 13.2 Å². The highest BCUT2D eigenvalue weighted by molar-refractivity contribution is 5.81. The van der Waals surface area contributed by atoms with Gasteiger partial charge < -0.3 is 9.88 Å². The molecule has 0 spiro atoms. The maximum Gasteiger partial charge on any atom is 0.449 e. The molecule has 1 fully saturated rings. The van der Waals surface area contributed by atoms with Crippen molar-refractivity contribution < 1.29 is 18.0 Å². The number of carbonyl (C=O) groups excluding carboxylic acids is 1. The third kappa shape index (κ3) is 3.39. The Morgan fingerprint density at radius 1 is 1.29 bits per heavy atom. The SMILES string of the molecule is C[C@@H]1CCCC[C@@H]1NC(=O)Cn1c(C(F)(F)F)nc2ccccc21. The summed E-state index contributed by atoms with van der Waals surface area (Å²) in [5.74, 6) is -1.08. The van der Waals surface area contributed by atoms with E-state index in [0.717, 1.165) is 30.3 Å². The van der Waals surface area contributed by atoms with Gasteiger partial charge in [0, 0.05) is 6.04 Å². The number of fused-ring (bicyclic) bond motifs is 1. The van der Waals surface area contributed by atoms with Crippen molar-refractivity contribution in [2.75, 3.05) is 0 Å². The van der Waals surface area contributed by atoms with Crippen LogP contribution in [0.25, 0.3) is 11.0 Å². The molecule has 0 bridgehead atoms. The van der Waals surface area contributed by atoms with Crippen LogP contribution in [0.5, 0.6) is 0 Å². The van der Waals surface area contributed by atoms with Crippen LogP contribution in [-0.2, 0) is 17.5 Å². The standard InChI is InChI=1S/C17H20F3N3O/c1-11-6-2-3-7-12(11)21-15(24)10-23-14-9-5-4-8-13(14)22-16(23)17(18,19)20/h4-5,8-9,11-12H,2-3,6-7,10H2,1H3,(H,21,24)/t11-,12+/m1/s1. The van der Waals surface area contributed by atoms with Gasteiger partial charge in [0.25, 0.3) is 0 Å². The van der Waals surface area contributed by atoms with Crippen molar-refractivity contribution in [2.24, 2.45) is 5.92 Å². The van der Waals surface area contributed by atoms with Crippen molar-refractivity contribution in [2.45, 2.75) is 51.4 Å². The number of nitrogens with zero attached hydrogens (tertiary/aromatic N) is 2. The lowest BCUT2D eigenvalue weighted by atomic mass is 9.86. The van der Waals surface area contributed by atoms with Gasteiger partial charge in [-0.05, 0) is 30.9 Å². The molecule has 130 valence electrons. The first-order valence-corrected chi connectivity index (χ1v) is 8.18. The molecule has 1 amide bonds. The molecule has 0 saturated heterocycles. The average molecular weight is 339 g/mol. The van der Waals surface area contributed by atoms with E-state index in [2.05, 4.69) is 17.2 Å². The highest BCUT2D eigenvalue weighted by atomic mass is 19.4. The quantitative estimate of drug-likeness (QED) is 0.926. The number of carbonyl (C=O) groups is 1. The summed E-state index contributed by atoms with van der Waals surface area (Å²) in [5, 5.41) is 2.90. The van der Waals surface area contributed by atoms with Crippen molar-refractivity contribution in [1.82, 2.24) is 14.9 Å². The zero-order chi connectivity index (χ0) is 17.3. The number of amides is 1. The molecular weight excluding hydrogens is 319 g/mol. The fraction of sp³-hybridized carbons (Fsp3) is 0.529. The van der Waals surface area contributed by atoms with Crippen LogP contribution in [0.15, 0.2) is 24.3 Å². The molecule has 1 heterocycles. The molecule has 0 radical (unpaired) electrons. The number of rotatable bonds is 3. The summed E-state index contributed by atoms with van der Waals surface area (Å²) in [6.45, 7) is 1.69. The van der Waals surface area contributed by atoms with E-state index in [9.17, 15) is 18.0 Å². The Balaban J connectivity index is 1.84. The van der Waals surface area contributed by atoms with Gasteiger partial charge in [0.05, 0.1) is 11.0 Å². The Morgan fingerprint density at radius 3 is 2.71 bits per heavy atom. The number of hydrogen-bond acceptors (Lipinski definition) is 2. The van der Waals surface area contributed by atoms with Crippen molar-refractivity contribution in [1.29, 1.82) is 0 Å². The van der Waals surface area contributed by atoms with Crippen LogP contribution >= 0.6 is 0 Å². The predicted octanol–water partition coefficient (Wildman–Crippen LogP) is 3.75. The van der Waals surface area contributed by atoms with Crippen LogP contribution in [0, 0.1) is 5.92 Å². The first-order chi connectivity index (χ1) is 11.4. The minimum Gasteiger partial charge on any atom is -0.352 e. The highest BCUT2D eigenvalue weighted by Crippen LogP contribution is 2.31. The summed E-state index contributed by atoms with van der Waals surface area (Å²) in [4.78, 5) is 16.0. The lowest BCUT2D eigenvalue weighted by molar-refractivity contribution is -0.147. The normalized spacial score (nSPS) is 21.8. The van der Waals surface area contributed by atoms with Crippen LogP contribution in [0.3, 0.4) is 0 Å². The third-order valence-electron chi connectivity index (χ3n) is 4.67. The second-order valence-corrected chi connectivity index (χ2v) is 6.44. The maximum absolute atomic E-state index is 13.2. The summed E-state index contributed by atoms with van der Waals surface area (Å²) in [5.41, 5.74) is 0.556. The van der Waals surface area contributed by atoms with Gasteiger partial charge in [-0.15, -0.1) is 0 Å². The summed E-state index contributed by atoms with van der Waals surface area (Å²) in [6.07, 6.45) is -0.511. The molecule has 0 unspecified atom stereocenters. The number of halogens is 3. The maximum atomic E-state index is 13.2. The smallest absolute Gasteiger partial charge is 0.352 e. The predicted molar refractivity (Wildman–Crippen MR) is 84.3 cm³/mol. The molecule has 1 saturated carbocycles. The van der Waals surface area contributed by atoms with E-state index < -0.39 is 17.9 Å². The molecular formula is C17H20F3N3O. The van der Waals surface area contributed by atoms with Gasteiger partial charge in [0.15, 0.2) is 0 Å². The number of benzene rings is 1. The molecule has 1 aromatic carbocycles. The van der Waals surface area contributed by atoms with Crippen LogP contribution < -0.4 is 5.32 Å². The minimum atomic E-state index is -4.60. The molecule has 1 N–H and O–H groups in total. The number of imidazole rings is 1. The van der Waals surface area contributed by atoms with E-state index in [1.165, 1.54) is 6.07 Å². The fourth-order valence-corrected chi connectivity index (χ4v) is 3.38. The van der Waals surface area contributed by atoms with E-state index in [4.69, 9.17) is 0 Å². The second-order valence-electron chi connectivity index (χ2n) is 6.44. The molecule has 2 atom stereocenters. The molecule has 4 nitrogen and oxygen atoms in total. The Bertz CT molecular complexity index is 738. The van der Waals surface area contributed by atoms with Gasteiger partial charge >= 0.3 is 6.18 Å². The van der Waals surface area contributed by atoms with Gasteiger partial charge in [0.1, 0.15) is 6.54 Å². The topological polar surface area (TPSA) is 46.9 Å². The average Bonchev–Trinajstić information content (AvgIpc) is 2.89. The summed E-state index contributed by atoms with van der Waals surface area (Å²) >= 11 is 0. The number of para-hydroxylation sites is 2. The highest BCUT2D eigenvalue weighted by Gasteiger charge is 2.38. The number of hydrogen-bond donors (Lipinski definition) is 1. The van der Waals surface area contributed by atoms with E-state index in [0.29, 0.717) is 11.4 Å². The molecule has 1 aliphatic rings. The molecule has 24 heavy (non-hydrogen) atoms. The zero-order valence-electron chi connectivity index (χ0n) is 13.4.